The van der Waals surface area contributed by atoms with Crippen LogP contribution >= 0.6 is 0 Å². The Labute approximate surface area is 140 Å². The minimum Gasteiger partial charge on any atom is -0.496 e. The van der Waals surface area contributed by atoms with E-state index in [0.717, 1.165) is 49.7 Å². The summed E-state index contributed by atoms with van der Waals surface area (Å²) in [7, 11) is 3.65. The van der Waals surface area contributed by atoms with E-state index in [-0.39, 0.29) is 5.91 Å². The van der Waals surface area contributed by atoms with Crippen molar-refractivity contribution < 1.29 is 9.53 Å². The fourth-order valence-electron chi connectivity index (χ4n) is 3.44. The van der Waals surface area contributed by atoms with Gasteiger partial charge in [0.15, 0.2) is 0 Å². The predicted octanol–water partition coefficient (Wildman–Crippen LogP) is 2.82. The van der Waals surface area contributed by atoms with Gasteiger partial charge in [0.25, 0.3) is 0 Å². The Hall–Kier alpha value is -1.55. The second-order valence-electron chi connectivity index (χ2n) is 6.95. The first-order valence-electron chi connectivity index (χ1n) is 8.58. The molecule has 0 unspecified atom stereocenters. The Morgan fingerprint density at radius 2 is 1.96 bits per heavy atom. The molecule has 4 heteroatoms. The maximum Gasteiger partial charge on any atom is 0.232 e. The van der Waals surface area contributed by atoms with E-state index >= 15 is 0 Å². The minimum atomic E-state index is -0.565. The largest absolute Gasteiger partial charge is 0.496 e. The van der Waals surface area contributed by atoms with Crippen LogP contribution in [0, 0.1) is 5.92 Å². The summed E-state index contributed by atoms with van der Waals surface area (Å²) in [6.07, 6.45) is 3.42. The van der Waals surface area contributed by atoms with Crippen LogP contribution < -0.4 is 10.1 Å². The number of carbonyl (C=O) groups is 1. The Balaban J connectivity index is 2.05. The standard InChI is InChI=1S/C19H30N2O2/c1-19(2,16-7-5-6-8-17(16)23-4)18(22)21-13-10-15(11-14-21)9-12-20-3/h5-8,15,20H,9-14H2,1-4H3. The van der Waals surface area contributed by atoms with Gasteiger partial charge in [-0.05, 0) is 58.7 Å². The van der Waals surface area contributed by atoms with E-state index < -0.39 is 5.41 Å². The van der Waals surface area contributed by atoms with E-state index in [2.05, 4.69) is 5.32 Å². The van der Waals surface area contributed by atoms with Crippen LogP contribution in [0.15, 0.2) is 24.3 Å². The van der Waals surface area contributed by atoms with Gasteiger partial charge in [-0.1, -0.05) is 18.2 Å². The first-order chi connectivity index (χ1) is 11.0. The molecule has 1 saturated heterocycles. The van der Waals surface area contributed by atoms with Gasteiger partial charge in [0, 0.05) is 18.7 Å². The summed E-state index contributed by atoms with van der Waals surface area (Å²) in [5.74, 6) is 1.73. The van der Waals surface area contributed by atoms with Crippen LogP contribution in [0.2, 0.25) is 0 Å². The van der Waals surface area contributed by atoms with Crippen LogP contribution in [-0.4, -0.2) is 44.6 Å². The lowest BCUT2D eigenvalue weighted by atomic mass is 9.81. The van der Waals surface area contributed by atoms with Crippen molar-refractivity contribution in [2.45, 2.75) is 38.5 Å². The maximum absolute atomic E-state index is 13.1. The third kappa shape index (κ3) is 4.05. The molecule has 1 N–H and O–H groups in total. The van der Waals surface area contributed by atoms with Crippen molar-refractivity contribution in [3.05, 3.63) is 29.8 Å². The predicted molar refractivity (Wildman–Crippen MR) is 93.9 cm³/mol. The van der Waals surface area contributed by atoms with Crippen LogP contribution in [0.3, 0.4) is 0 Å². The van der Waals surface area contributed by atoms with Gasteiger partial charge < -0.3 is 15.0 Å². The number of methoxy groups -OCH3 is 1. The van der Waals surface area contributed by atoms with Crippen molar-refractivity contribution in [1.29, 1.82) is 0 Å². The van der Waals surface area contributed by atoms with Crippen molar-refractivity contribution in [1.82, 2.24) is 10.2 Å². The molecule has 4 nitrogen and oxygen atoms in total. The van der Waals surface area contributed by atoms with Gasteiger partial charge in [-0.3, -0.25) is 4.79 Å². The average Bonchev–Trinajstić information content (AvgIpc) is 2.59. The molecule has 0 spiro atoms. The lowest BCUT2D eigenvalue weighted by Gasteiger charge is -2.37. The summed E-state index contributed by atoms with van der Waals surface area (Å²) < 4.78 is 5.45. The summed E-state index contributed by atoms with van der Waals surface area (Å²) in [6.45, 7) is 6.80. The molecule has 0 aliphatic carbocycles. The molecular weight excluding hydrogens is 288 g/mol. The Morgan fingerprint density at radius 1 is 1.30 bits per heavy atom. The fraction of sp³-hybridized carbons (Fsp3) is 0.632. The summed E-state index contributed by atoms with van der Waals surface area (Å²) >= 11 is 0. The molecule has 0 radical (unpaired) electrons. The number of para-hydroxylation sites is 1. The highest BCUT2D eigenvalue weighted by Crippen LogP contribution is 2.34. The third-order valence-electron chi connectivity index (χ3n) is 5.02. The number of amides is 1. The van der Waals surface area contributed by atoms with Crippen molar-refractivity contribution in [3.63, 3.8) is 0 Å². The minimum absolute atomic E-state index is 0.203. The maximum atomic E-state index is 13.1. The number of nitrogens with one attached hydrogen (secondary N) is 1. The first-order valence-corrected chi connectivity index (χ1v) is 8.58. The number of likely N-dealkylation sites (tertiary alicyclic amines) is 1. The van der Waals surface area contributed by atoms with Gasteiger partial charge in [0.1, 0.15) is 5.75 Å². The van der Waals surface area contributed by atoms with Gasteiger partial charge in [-0.15, -0.1) is 0 Å². The fourth-order valence-corrected chi connectivity index (χ4v) is 3.44. The molecule has 23 heavy (non-hydrogen) atoms. The lowest BCUT2D eigenvalue weighted by molar-refractivity contribution is -0.137. The normalized spacial score (nSPS) is 16.4. The molecule has 0 aromatic heterocycles. The van der Waals surface area contributed by atoms with E-state index in [0.29, 0.717) is 0 Å². The number of benzene rings is 1. The van der Waals surface area contributed by atoms with Crippen molar-refractivity contribution in [3.8, 4) is 5.75 Å². The zero-order valence-corrected chi connectivity index (χ0v) is 14.9. The van der Waals surface area contributed by atoms with Crippen LogP contribution in [0.1, 0.15) is 38.7 Å². The van der Waals surface area contributed by atoms with Crippen LogP contribution in [0.25, 0.3) is 0 Å². The molecule has 0 saturated carbocycles. The number of piperidine rings is 1. The highest BCUT2D eigenvalue weighted by molar-refractivity contribution is 5.88. The highest BCUT2D eigenvalue weighted by atomic mass is 16.5. The zero-order valence-electron chi connectivity index (χ0n) is 14.9. The topological polar surface area (TPSA) is 41.6 Å². The number of ether oxygens (including phenoxy) is 1. The Bertz CT molecular complexity index is 520. The monoisotopic (exact) mass is 318 g/mol. The van der Waals surface area contributed by atoms with E-state index in [1.165, 1.54) is 6.42 Å². The average molecular weight is 318 g/mol. The van der Waals surface area contributed by atoms with Gasteiger partial charge in [-0.25, -0.2) is 0 Å². The molecule has 1 fully saturated rings. The molecule has 2 rings (SSSR count). The van der Waals surface area contributed by atoms with E-state index in [4.69, 9.17) is 4.74 Å². The second kappa shape index (κ2) is 7.82. The second-order valence-corrected chi connectivity index (χ2v) is 6.95. The van der Waals surface area contributed by atoms with Gasteiger partial charge >= 0.3 is 0 Å². The summed E-state index contributed by atoms with van der Waals surface area (Å²) in [6, 6.07) is 7.83. The first kappa shape index (κ1) is 17.8. The highest BCUT2D eigenvalue weighted by Gasteiger charge is 2.37. The zero-order chi connectivity index (χ0) is 16.9. The van der Waals surface area contributed by atoms with E-state index in [1.807, 2.05) is 50.1 Å². The molecule has 0 bridgehead atoms. The van der Waals surface area contributed by atoms with Gasteiger partial charge in [0.05, 0.1) is 12.5 Å². The number of nitrogens with zero attached hydrogens (tertiary/aromatic N) is 1. The third-order valence-corrected chi connectivity index (χ3v) is 5.02. The molecule has 128 valence electrons. The quantitative estimate of drug-likeness (QED) is 0.877. The smallest absolute Gasteiger partial charge is 0.232 e. The van der Waals surface area contributed by atoms with Gasteiger partial charge in [-0.2, -0.15) is 0 Å². The SMILES string of the molecule is CNCCC1CCN(C(=O)C(C)(C)c2ccccc2OC)CC1. The van der Waals surface area contributed by atoms with Crippen LogP contribution in [0.4, 0.5) is 0 Å². The lowest BCUT2D eigenvalue weighted by Crippen LogP contribution is -2.47. The summed E-state index contributed by atoms with van der Waals surface area (Å²) in [5.41, 5.74) is 0.398. The molecule has 1 aromatic rings. The number of rotatable bonds is 6. The van der Waals surface area contributed by atoms with E-state index in [9.17, 15) is 4.79 Å². The van der Waals surface area contributed by atoms with Crippen molar-refractivity contribution in [2.24, 2.45) is 5.92 Å². The van der Waals surface area contributed by atoms with Crippen LogP contribution in [-0.2, 0) is 10.2 Å². The number of hydrogen-bond donors (Lipinski definition) is 1. The van der Waals surface area contributed by atoms with Crippen LogP contribution in [0.5, 0.6) is 5.75 Å². The number of hydrogen-bond acceptors (Lipinski definition) is 3. The number of carbonyl (C=O) groups excluding carboxylic acids is 1. The Kier molecular flexibility index (Phi) is 6.05. The molecule has 1 amide bonds. The molecule has 1 aliphatic heterocycles. The Morgan fingerprint density at radius 3 is 2.57 bits per heavy atom. The summed E-state index contributed by atoms with van der Waals surface area (Å²) in [4.78, 5) is 15.1. The molecule has 1 heterocycles. The summed E-state index contributed by atoms with van der Waals surface area (Å²) in [5, 5.41) is 3.21. The van der Waals surface area contributed by atoms with Crippen molar-refractivity contribution in [2.75, 3.05) is 33.8 Å². The van der Waals surface area contributed by atoms with Gasteiger partial charge in [0.2, 0.25) is 5.91 Å². The molecular formula is C19H30N2O2. The molecule has 1 aromatic carbocycles. The molecule has 1 aliphatic rings. The molecule has 0 atom stereocenters. The van der Waals surface area contributed by atoms with E-state index in [1.54, 1.807) is 7.11 Å². The van der Waals surface area contributed by atoms with Crippen molar-refractivity contribution >= 4 is 5.91 Å².